The Morgan fingerprint density at radius 2 is 1.95 bits per heavy atom. The van der Waals surface area contributed by atoms with Gasteiger partial charge in [-0.15, -0.1) is 0 Å². The van der Waals surface area contributed by atoms with Gasteiger partial charge < -0.3 is 10.5 Å². The lowest BCUT2D eigenvalue weighted by atomic mass is 10.1. The van der Waals surface area contributed by atoms with Crippen molar-refractivity contribution in [3.8, 4) is 0 Å². The average molecular weight is 286 g/mol. The number of carbonyl (C=O) groups excluding carboxylic acids is 1. The molecule has 0 unspecified atom stereocenters. The Morgan fingerprint density at radius 3 is 2.47 bits per heavy atom. The van der Waals surface area contributed by atoms with E-state index in [2.05, 4.69) is 9.46 Å². The van der Waals surface area contributed by atoms with Crippen molar-refractivity contribution in [2.24, 2.45) is 5.73 Å². The highest BCUT2D eigenvalue weighted by molar-refractivity contribution is 7.88. The number of nitrogens with one attached hydrogen (secondary N) is 1. The molecule has 0 aliphatic carbocycles. The molecule has 0 aromatic heterocycles. The third-order valence-corrected chi connectivity index (χ3v) is 4.00. The predicted molar refractivity (Wildman–Crippen MR) is 71.6 cm³/mol. The zero-order chi connectivity index (χ0) is 14.5. The van der Waals surface area contributed by atoms with Gasteiger partial charge in [-0.2, -0.15) is 0 Å². The third kappa shape index (κ3) is 4.62. The summed E-state index contributed by atoms with van der Waals surface area (Å²) in [6, 6.07) is 6.09. The number of nitrogens with two attached hydrogens (primary N) is 1. The minimum Gasteiger partial charge on any atom is -0.468 e. The largest absolute Gasteiger partial charge is 0.468 e. The second-order valence-corrected chi connectivity index (χ2v) is 5.85. The summed E-state index contributed by atoms with van der Waals surface area (Å²) in [4.78, 5) is 11.2. The van der Waals surface area contributed by atoms with Gasteiger partial charge in [-0.05, 0) is 18.1 Å². The number of esters is 1. The molecule has 106 valence electrons. The van der Waals surface area contributed by atoms with Gasteiger partial charge in [0, 0.05) is 6.54 Å². The molecule has 1 aromatic carbocycles. The first kappa shape index (κ1) is 15.6. The molecule has 0 saturated heterocycles. The van der Waals surface area contributed by atoms with Crippen LogP contribution in [-0.4, -0.2) is 27.5 Å². The number of rotatable bonds is 6. The molecule has 0 aliphatic rings. The summed E-state index contributed by atoms with van der Waals surface area (Å²) in [5.41, 5.74) is 6.93. The van der Waals surface area contributed by atoms with Crippen molar-refractivity contribution in [3.63, 3.8) is 0 Å². The summed E-state index contributed by atoms with van der Waals surface area (Å²) in [7, 11) is -2.42. The van der Waals surface area contributed by atoms with E-state index in [-0.39, 0.29) is 12.3 Å². The van der Waals surface area contributed by atoms with E-state index in [0.29, 0.717) is 5.56 Å². The zero-order valence-corrected chi connectivity index (χ0v) is 11.7. The molecule has 0 radical (unpaired) electrons. The number of sulfonamides is 1. The highest BCUT2D eigenvalue weighted by atomic mass is 32.2. The molecule has 6 nitrogen and oxygen atoms in total. The maximum absolute atomic E-state index is 11.9. The summed E-state index contributed by atoms with van der Waals surface area (Å²) < 4.78 is 30.6. The van der Waals surface area contributed by atoms with Gasteiger partial charge in [0.05, 0.1) is 12.9 Å². The molecular weight excluding hydrogens is 268 g/mol. The Morgan fingerprint density at radius 1 is 1.37 bits per heavy atom. The monoisotopic (exact) mass is 286 g/mol. The van der Waals surface area contributed by atoms with Crippen LogP contribution in [0.3, 0.4) is 0 Å². The molecule has 1 rings (SSSR count). The minimum absolute atomic E-state index is 0.221. The van der Waals surface area contributed by atoms with Crippen LogP contribution in [0.15, 0.2) is 24.3 Å². The summed E-state index contributed by atoms with van der Waals surface area (Å²) >= 11 is 0. The van der Waals surface area contributed by atoms with Crippen molar-refractivity contribution in [2.45, 2.75) is 25.3 Å². The van der Waals surface area contributed by atoms with E-state index in [0.717, 1.165) is 5.56 Å². The van der Waals surface area contributed by atoms with E-state index < -0.39 is 22.0 Å². The Bertz CT molecular complexity index is 542. The van der Waals surface area contributed by atoms with Crippen LogP contribution in [0.25, 0.3) is 0 Å². The van der Waals surface area contributed by atoms with E-state index >= 15 is 0 Å². The lowest BCUT2D eigenvalue weighted by Gasteiger charge is -2.13. The average Bonchev–Trinajstić information content (AvgIpc) is 2.37. The molecule has 19 heavy (non-hydrogen) atoms. The second kappa shape index (κ2) is 6.65. The first-order valence-electron chi connectivity index (χ1n) is 5.74. The van der Waals surface area contributed by atoms with E-state index in [9.17, 15) is 13.2 Å². The van der Waals surface area contributed by atoms with Gasteiger partial charge >= 0.3 is 5.97 Å². The number of benzene rings is 1. The fourth-order valence-corrected chi connectivity index (χ4v) is 3.05. The Labute approximate surface area is 113 Å². The number of carbonyl (C=O) groups is 1. The first-order valence-corrected chi connectivity index (χ1v) is 7.39. The number of methoxy groups -OCH3 is 1. The number of ether oxygens (including phenoxy) is 1. The highest BCUT2D eigenvalue weighted by Gasteiger charge is 2.21. The normalized spacial score (nSPS) is 13.0. The van der Waals surface area contributed by atoms with Gasteiger partial charge in [0.2, 0.25) is 10.0 Å². The highest BCUT2D eigenvalue weighted by Crippen LogP contribution is 2.11. The van der Waals surface area contributed by atoms with Crippen molar-refractivity contribution in [3.05, 3.63) is 35.4 Å². The summed E-state index contributed by atoms with van der Waals surface area (Å²) in [6.45, 7) is 1.69. The van der Waals surface area contributed by atoms with Crippen molar-refractivity contribution in [2.75, 3.05) is 7.11 Å². The zero-order valence-electron chi connectivity index (χ0n) is 10.9. The van der Waals surface area contributed by atoms with E-state index in [1.165, 1.54) is 14.0 Å². The van der Waals surface area contributed by atoms with Gasteiger partial charge in [0.25, 0.3) is 0 Å². The van der Waals surface area contributed by atoms with Crippen molar-refractivity contribution in [1.29, 1.82) is 0 Å². The van der Waals surface area contributed by atoms with Crippen molar-refractivity contribution < 1.29 is 17.9 Å². The minimum atomic E-state index is -3.63. The standard InChI is InChI=1S/C12H18N2O4S/c1-9(12(15)18-2)14-19(16,17)8-11-6-4-3-5-10(11)7-13/h3-6,9,14H,7-8,13H2,1-2H3/t9-/m1/s1. The molecule has 0 heterocycles. The SMILES string of the molecule is COC(=O)[C@@H](C)NS(=O)(=O)Cc1ccccc1CN. The van der Waals surface area contributed by atoms with E-state index in [4.69, 9.17) is 5.73 Å². The van der Waals surface area contributed by atoms with Gasteiger partial charge in [0.15, 0.2) is 0 Å². The summed E-state index contributed by atoms with van der Waals surface area (Å²) in [6.07, 6.45) is 0. The fraction of sp³-hybridized carbons (Fsp3) is 0.417. The van der Waals surface area contributed by atoms with Crippen molar-refractivity contribution in [1.82, 2.24) is 4.72 Å². The molecular formula is C12H18N2O4S. The van der Waals surface area contributed by atoms with Crippen LogP contribution in [0.2, 0.25) is 0 Å². The number of hydrogen-bond donors (Lipinski definition) is 2. The quantitative estimate of drug-likeness (QED) is 0.724. The fourth-order valence-electron chi connectivity index (χ4n) is 1.64. The molecule has 0 aliphatic heterocycles. The third-order valence-electron chi connectivity index (χ3n) is 2.59. The maximum atomic E-state index is 11.9. The molecule has 0 spiro atoms. The second-order valence-electron chi connectivity index (χ2n) is 4.09. The Hall–Kier alpha value is -1.44. The maximum Gasteiger partial charge on any atom is 0.323 e. The Kier molecular flexibility index (Phi) is 5.46. The summed E-state index contributed by atoms with van der Waals surface area (Å²) in [5.74, 6) is -0.850. The molecule has 0 bridgehead atoms. The van der Waals surface area contributed by atoms with Crippen LogP contribution in [0, 0.1) is 0 Å². The first-order chi connectivity index (χ1) is 8.89. The summed E-state index contributed by atoms with van der Waals surface area (Å²) in [5, 5.41) is 0. The smallest absolute Gasteiger partial charge is 0.323 e. The van der Waals surface area contributed by atoms with E-state index in [1.54, 1.807) is 24.3 Å². The molecule has 1 aromatic rings. The van der Waals surface area contributed by atoms with Crippen LogP contribution in [-0.2, 0) is 31.9 Å². The topological polar surface area (TPSA) is 98.5 Å². The van der Waals surface area contributed by atoms with Gasteiger partial charge in [-0.1, -0.05) is 24.3 Å². The predicted octanol–water partition coefficient (Wildman–Crippen LogP) is 0.126. The molecule has 1 atom stereocenters. The molecule has 7 heteroatoms. The molecule has 0 saturated carbocycles. The number of hydrogen-bond acceptors (Lipinski definition) is 5. The van der Waals surface area contributed by atoms with Gasteiger partial charge in [-0.3, -0.25) is 4.79 Å². The van der Waals surface area contributed by atoms with Gasteiger partial charge in [-0.25, -0.2) is 13.1 Å². The van der Waals surface area contributed by atoms with Crippen LogP contribution in [0.5, 0.6) is 0 Å². The lowest BCUT2D eigenvalue weighted by Crippen LogP contribution is -2.39. The van der Waals surface area contributed by atoms with Crippen LogP contribution in [0.4, 0.5) is 0 Å². The van der Waals surface area contributed by atoms with Crippen LogP contribution < -0.4 is 10.5 Å². The molecule has 0 amide bonds. The lowest BCUT2D eigenvalue weighted by molar-refractivity contribution is -0.142. The van der Waals surface area contributed by atoms with Crippen LogP contribution in [0.1, 0.15) is 18.1 Å². The van der Waals surface area contributed by atoms with Crippen LogP contribution >= 0.6 is 0 Å². The molecule has 3 N–H and O–H groups in total. The van der Waals surface area contributed by atoms with E-state index in [1.807, 2.05) is 0 Å². The van der Waals surface area contributed by atoms with Gasteiger partial charge in [0.1, 0.15) is 6.04 Å². The van der Waals surface area contributed by atoms with Crippen molar-refractivity contribution >= 4 is 16.0 Å². The Balaban J connectivity index is 2.82. The molecule has 0 fully saturated rings.